The van der Waals surface area contributed by atoms with E-state index in [1.807, 2.05) is 0 Å². The molecule has 1 aromatic rings. The van der Waals surface area contributed by atoms with Crippen LogP contribution in [0.25, 0.3) is 0 Å². The van der Waals surface area contributed by atoms with E-state index in [1.165, 1.54) is 57.3 Å². The van der Waals surface area contributed by atoms with E-state index < -0.39 is 0 Å². The van der Waals surface area contributed by atoms with Crippen molar-refractivity contribution in [1.82, 2.24) is 20.0 Å². The van der Waals surface area contributed by atoms with Gasteiger partial charge in [-0.3, -0.25) is 4.68 Å². The number of hydrogen-bond donors (Lipinski definition) is 1. The molecule has 1 atom stereocenters. The highest BCUT2D eigenvalue weighted by atomic mass is 15.3. The maximum Gasteiger partial charge on any atom is 0.0762 e. The molecule has 1 saturated carbocycles. The molecule has 0 radical (unpaired) electrons. The van der Waals surface area contributed by atoms with Crippen LogP contribution >= 0.6 is 0 Å². The van der Waals surface area contributed by atoms with Gasteiger partial charge in [-0.2, -0.15) is 5.10 Å². The average molecular weight is 276 g/mol. The quantitative estimate of drug-likeness (QED) is 0.896. The second kappa shape index (κ2) is 6.72. The van der Waals surface area contributed by atoms with Gasteiger partial charge in [0, 0.05) is 19.3 Å². The van der Waals surface area contributed by atoms with E-state index in [9.17, 15) is 0 Å². The highest BCUT2D eigenvalue weighted by Crippen LogP contribution is 2.27. The molecule has 2 aliphatic rings. The van der Waals surface area contributed by atoms with Crippen LogP contribution in [0.15, 0.2) is 12.3 Å². The fourth-order valence-corrected chi connectivity index (χ4v) is 3.62. The van der Waals surface area contributed by atoms with Crippen molar-refractivity contribution < 1.29 is 0 Å². The highest BCUT2D eigenvalue weighted by molar-refractivity contribution is 4.99. The monoisotopic (exact) mass is 276 g/mol. The third kappa shape index (κ3) is 3.61. The summed E-state index contributed by atoms with van der Waals surface area (Å²) in [5, 5.41) is 8.33. The van der Waals surface area contributed by atoms with Gasteiger partial charge in [0.1, 0.15) is 0 Å². The minimum atomic E-state index is 0.654. The normalized spacial score (nSPS) is 25.4. The second-order valence-corrected chi connectivity index (χ2v) is 6.63. The third-order valence-corrected chi connectivity index (χ3v) is 4.84. The molecule has 1 aliphatic carbocycles. The molecule has 2 fully saturated rings. The molecule has 0 aromatic carbocycles. The zero-order valence-electron chi connectivity index (χ0n) is 12.7. The van der Waals surface area contributed by atoms with Crippen LogP contribution in [0.5, 0.6) is 0 Å². The molecule has 20 heavy (non-hydrogen) atoms. The SMILES string of the molecule is CN1CCC(CNCc2ccn(C3CCCCC3)n2)C1. The number of aromatic nitrogens is 2. The zero-order valence-corrected chi connectivity index (χ0v) is 12.7. The van der Waals surface area contributed by atoms with Crippen LogP contribution in [0, 0.1) is 5.92 Å². The number of hydrogen-bond acceptors (Lipinski definition) is 3. The molecule has 1 saturated heterocycles. The topological polar surface area (TPSA) is 33.1 Å². The van der Waals surface area contributed by atoms with E-state index in [4.69, 9.17) is 5.10 Å². The lowest BCUT2D eigenvalue weighted by Gasteiger charge is -2.21. The highest BCUT2D eigenvalue weighted by Gasteiger charge is 2.19. The van der Waals surface area contributed by atoms with Crippen LogP contribution in [0.2, 0.25) is 0 Å². The average Bonchev–Trinajstić information content (AvgIpc) is 3.09. The van der Waals surface area contributed by atoms with Crippen molar-refractivity contribution in [3.8, 4) is 0 Å². The van der Waals surface area contributed by atoms with E-state index in [-0.39, 0.29) is 0 Å². The summed E-state index contributed by atoms with van der Waals surface area (Å²) in [6.45, 7) is 4.53. The predicted molar refractivity (Wildman–Crippen MR) is 81.7 cm³/mol. The first-order valence-electron chi connectivity index (χ1n) is 8.24. The number of rotatable bonds is 5. The molecule has 1 N–H and O–H groups in total. The summed E-state index contributed by atoms with van der Waals surface area (Å²) in [6.07, 6.45) is 10.3. The minimum absolute atomic E-state index is 0.654. The van der Waals surface area contributed by atoms with Crippen LogP contribution in [-0.4, -0.2) is 41.4 Å². The summed E-state index contributed by atoms with van der Waals surface area (Å²) in [7, 11) is 2.21. The lowest BCUT2D eigenvalue weighted by molar-refractivity contribution is 0.327. The molecule has 2 heterocycles. The van der Waals surface area contributed by atoms with E-state index in [1.54, 1.807) is 0 Å². The predicted octanol–water partition coefficient (Wildman–Crippen LogP) is 2.43. The maximum atomic E-state index is 4.76. The number of nitrogens with one attached hydrogen (secondary N) is 1. The molecule has 1 aliphatic heterocycles. The molecular weight excluding hydrogens is 248 g/mol. The summed E-state index contributed by atoms with van der Waals surface area (Å²) in [5.74, 6) is 0.820. The van der Waals surface area contributed by atoms with Crippen molar-refractivity contribution in [2.75, 3.05) is 26.7 Å². The van der Waals surface area contributed by atoms with Gasteiger partial charge in [-0.1, -0.05) is 19.3 Å². The van der Waals surface area contributed by atoms with Gasteiger partial charge < -0.3 is 10.2 Å². The fraction of sp³-hybridized carbons (Fsp3) is 0.812. The van der Waals surface area contributed by atoms with Crippen molar-refractivity contribution >= 4 is 0 Å². The molecule has 4 heteroatoms. The molecule has 0 amide bonds. The Morgan fingerprint density at radius 3 is 2.85 bits per heavy atom. The van der Waals surface area contributed by atoms with Gasteiger partial charge in [0.15, 0.2) is 0 Å². The Labute approximate surface area is 122 Å². The molecule has 1 unspecified atom stereocenters. The Hall–Kier alpha value is -0.870. The van der Waals surface area contributed by atoms with Gasteiger partial charge in [0.2, 0.25) is 0 Å². The first kappa shape index (κ1) is 14.1. The Balaban J connectivity index is 1.43. The van der Waals surface area contributed by atoms with Crippen LogP contribution in [0.4, 0.5) is 0 Å². The van der Waals surface area contributed by atoms with Gasteiger partial charge in [-0.25, -0.2) is 0 Å². The van der Waals surface area contributed by atoms with Gasteiger partial charge in [-0.05, 0) is 51.4 Å². The second-order valence-electron chi connectivity index (χ2n) is 6.63. The van der Waals surface area contributed by atoms with Gasteiger partial charge >= 0.3 is 0 Å². The lowest BCUT2D eigenvalue weighted by atomic mass is 9.96. The maximum absolute atomic E-state index is 4.76. The minimum Gasteiger partial charge on any atom is -0.311 e. The Kier molecular flexibility index (Phi) is 4.73. The van der Waals surface area contributed by atoms with Crippen LogP contribution < -0.4 is 5.32 Å². The standard InChI is InChI=1S/C16H28N4/c1-19-9-7-14(13-19)11-17-12-15-8-10-20(18-15)16-5-3-2-4-6-16/h8,10,14,16-17H,2-7,9,11-13H2,1H3. The molecule has 4 nitrogen and oxygen atoms in total. The zero-order chi connectivity index (χ0) is 13.8. The molecule has 0 bridgehead atoms. The molecule has 1 aromatic heterocycles. The fourth-order valence-electron chi connectivity index (χ4n) is 3.62. The van der Waals surface area contributed by atoms with E-state index in [2.05, 4.69) is 34.2 Å². The first-order chi connectivity index (χ1) is 9.81. The summed E-state index contributed by atoms with van der Waals surface area (Å²) in [6, 6.07) is 2.84. The van der Waals surface area contributed by atoms with Crippen molar-refractivity contribution in [2.24, 2.45) is 5.92 Å². The first-order valence-corrected chi connectivity index (χ1v) is 8.24. The van der Waals surface area contributed by atoms with E-state index in [0.29, 0.717) is 6.04 Å². The molecule has 112 valence electrons. The largest absolute Gasteiger partial charge is 0.311 e. The Bertz CT molecular complexity index is 408. The summed E-state index contributed by atoms with van der Waals surface area (Å²) in [4.78, 5) is 2.42. The summed E-state index contributed by atoms with van der Waals surface area (Å²) < 4.78 is 2.21. The van der Waals surface area contributed by atoms with Crippen LogP contribution in [-0.2, 0) is 6.54 Å². The van der Waals surface area contributed by atoms with Crippen molar-refractivity contribution in [1.29, 1.82) is 0 Å². The number of likely N-dealkylation sites (tertiary alicyclic amines) is 1. The van der Waals surface area contributed by atoms with Gasteiger partial charge in [-0.15, -0.1) is 0 Å². The molecule has 3 rings (SSSR count). The Morgan fingerprint density at radius 1 is 1.25 bits per heavy atom. The van der Waals surface area contributed by atoms with Gasteiger partial charge in [0.05, 0.1) is 11.7 Å². The third-order valence-electron chi connectivity index (χ3n) is 4.84. The van der Waals surface area contributed by atoms with Crippen molar-refractivity contribution in [3.63, 3.8) is 0 Å². The lowest BCUT2D eigenvalue weighted by Crippen LogP contribution is -2.25. The van der Waals surface area contributed by atoms with Gasteiger partial charge in [0.25, 0.3) is 0 Å². The van der Waals surface area contributed by atoms with E-state index >= 15 is 0 Å². The summed E-state index contributed by atoms with van der Waals surface area (Å²) in [5.41, 5.74) is 1.20. The van der Waals surface area contributed by atoms with Crippen LogP contribution in [0.3, 0.4) is 0 Å². The van der Waals surface area contributed by atoms with Crippen LogP contribution in [0.1, 0.15) is 50.3 Å². The number of nitrogens with zero attached hydrogens (tertiary/aromatic N) is 3. The smallest absolute Gasteiger partial charge is 0.0762 e. The van der Waals surface area contributed by atoms with E-state index in [0.717, 1.165) is 19.0 Å². The Morgan fingerprint density at radius 2 is 2.10 bits per heavy atom. The summed E-state index contributed by atoms with van der Waals surface area (Å²) >= 11 is 0. The molecular formula is C16H28N4. The van der Waals surface area contributed by atoms with Crippen molar-refractivity contribution in [2.45, 2.75) is 51.1 Å². The van der Waals surface area contributed by atoms with Crippen molar-refractivity contribution in [3.05, 3.63) is 18.0 Å². The molecule has 0 spiro atoms.